The largest absolute Gasteiger partial charge is 0.380 e. The molecule has 5 heterocycles. The molecule has 2 aromatic heterocycles. The van der Waals surface area contributed by atoms with Gasteiger partial charge in [-0.2, -0.15) is 0 Å². The molecule has 2 saturated heterocycles. The topological polar surface area (TPSA) is 108 Å². The van der Waals surface area contributed by atoms with Crippen molar-refractivity contribution in [3.05, 3.63) is 53.2 Å². The highest BCUT2D eigenvalue weighted by molar-refractivity contribution is 6.05. The summed E-state index contributed by atoms with van der Waals surface area (Å²) in [4.78, 5) is 51.1. The molecule has 3 fully saturated rings. The molecule has 1 aromatic carbocycles. The van der Waals surface area contributed by atoms with Crippen LogP contribution in [0.5, 0.6) is 0 Å². The van der Waals surface area contributed by atoms with E-state index in [-0.39, 0.29) is 18.2 Å². The minimum absolute atomic E-state index is 0.164. The van der Waals surface area contributed by atoms with Gasteiger partial charge in [-0.15, -0.1) is 0 Å². The van der Waals surface area contributed by atoms with Crippen LogP contribution in [0.2, 0.25) is 0 Å². The van der Waals surface area contributed by atoms with Gasteiger partial charge in [-0.25, -0.2) is 4.98 Å². The first kappa shape index (κ1) is 23.3. The molecule has 1 unspecified atom stereocenters. The van der Waals surface area contributed by atoms with Crippen LogP contribution in [0.3, 0.4) is 0 Å². The van der Waals surface area contributed by atoms with Crippen molar-refractivity contribution in [2.24, 2.45) is 0 Å². The van der Waals surface area contributed by atoms with E-state index in [1.54, 1.807) is 4.90 Å². The van der Waals surface area contributed by atoms with E-state index in [9.17, 15) is 14.4 Å². The Kier molecular flexibility index (Phi) is 5.61. The van der Waals surface area contributed by atoms with Crippen molar-refractivity contribution in [2.75, 3.05) is 18.4 Å². The maximum atomic E-state index is 13.2. The molecule has 1 aliphatic carbocycles. The summed E-state index contributed by atoms with van der Waals surface area (Å²) in [5, 5.41) is 6.00. The predicted octanol–water partition coefficient (Wildman–Crippen LogP) is 3.23. The van der Waals surface area contributed by atoms with Gasteiger partial charge >= 0.3 is 0 Å². The van der Waals surface area contributed by atoms with Gasteiger partial charge in [0.2, 0.25) is 11.8 Å². The molecule has 3 aliphatic heterocycles. The maximum absolute atomic E-state index is 13.2. The van der Waals surface area contributed by atoms with E-state index in [0.717, 1.165) is 58.7 Å². The molecule has 3 aromatic rings. The number of hydrogen-bond donors (Lipinski definition) is 2. The standard InChI is InChI=1S/C29H30N6O3/c36-25-8-7-24(28(37)33-25)35-16-18-13-17(3-6-21(18)29(35)38)23-14-19(15-34-11-1-2-12-34)26-27(32-23)22(9-10-30-26)31-20-4-5-20/h3,6,9-10,13-14,20,24H,1-2,4-5,7-8,11-12,15-16H2,(H,30,31)(H,33,36,37). The third-order valence-corrected chi connectivity index (χ3v) is 8.12. The second-order valence-corrected chi connectivity index (χ2v) is 10.9. The Morgan fingerprint density at radius 2 is 1.84 bits per heavy atom. The van der Waals surface area contributed by atoms with Crippen LogP contribution >= 0.6 is 0 Å². The van der Waals surface area contributed by atoms with E-state index >= 15 is 0 Å². The predicted molar refractivity (Wildman–Crippen MR) is 142 cm³/mol. The summed E-state index contributed by atoms with van der Waals surface area (Å²) < 4.78 is 0. The zero-order valence-electron chi connectivity index (χ0n) is 21.2. The molecule has 1 atom stereocenters. The van der Waals surface area contributed by atoms with Crippen molar-refractivity contribution in [3.8, 4) is 11.3 Å². The smallest absolute Gasteiger partial charge is 0.255 e. The van der Waals surface area contributed by atoms with Crippen molar-refractivity contribution in [1.29, 1.82) is 0 Å². The zero-order valence-corrected chi connectivity index (χ0v) is 21.2. The zero-order chi connectivity index (χ0) is 25.8. The van der Waals surface area contributed by atoms with E-state index in [0.29, 0.717) is 24.6 Å². The van der Waals surface area contributed by atoms with Crippen LogP contribution in [0.1, 0.15) is 60.0 Å². The normalized spacial score (nSPS) is 21.7. The SMILES string of the molecule is O=C1CCC(N2Cc3cc(-c4cc(CN5CCCC5)c5nccc(NC6CC6)c5n4)ccc3C2=O)C(=O)N1. The molecule has 9 heteroatoms. The van der Waals surface area contributed by atoms with Crippen molar-refractivity contribution in [1.82, 2.24) is 25.1 Å². The lowest BCUT2D eigenvalue weighted by Crippen LogP contribution is -2.52. The molecule has 38 heavy (non-hydrogen) atoms. The molecule has 0 spiro atoms. The highest BCUT2D eigenvalue weighted by atomic mass is 16.2. The first-order valence-electron chi connectivity index (χ1n) is 13.6. The Bertz CT molecular complexity index is 1480. The van der Waals surface area contributed by atoms with Gasteiger partial charge in [0.1, 0.15) is 11.6 Å². The Labute approximate surface area is 220 Å². The van der Waals surface area contributed by atoms with Crippen LogP contribution in [-0.4, -0.2) is 62.7 Å². The molecule has 1 saturated carbocycles. The summed E-state index contributed by atoms with van der Waals surface area (Å²) >= 11 is 0. The number of anilines is 1. The number of benzene rings is 1. The Morgan fingerprint density at radius 3 is 2.63 bits per heavy atom. The van der Waals surface area contributed by atoms with Crippen LogP contribution < -0.4 is 10.6 Å². The van der Waals surface area contributed by atoms with E-state index in [2.05, 4.69) is 21.6 Å². The monoisotopic (exact) mass is 510 g/mol. The van der Waals surface area contributed by atoms with Gasteiger partial charge in [-0.3, -0.25) is 29.6 Å². The number of amides is 3. The summed E-state index contributed by atoms with van der Waals surface area (Å²) in [5.41, 5.74) is 7.27. The number of carbonyl (C=O) groups excluding carboxylic acids is 3. The molecule has 0 radical (unpaired) electrons. The fourth-order valence-electron chi connectivity index (χ4n) is 5.94. The van der Waals surface area contributed by atoms with E-state index in [1.807, 2.05) is 30.5 Å². The highest BCUT2D eigenvalue weighted by Gasteiger charge is 2.39. The fourth-order valence-corrected chi connectivity index (χ4v) is 5.94. The molecule has 9 nitrogen and oxygen atoms in total. The Balaban J connectivity index is 1.25. The number of fused-ring (bicyclic) bond motifs is 2. The highest BCUT2D eigenvalue weighted by Crippen LogP contribution is 2.35. The second-order valence-electron chi connectivity index (χ2n) is 10.9. The quantitative estimate of drug-likeness (QED) is 0.490. The van der Waals surface area contributed by atoms with Gasteiger partial charge in [0.25, 0.3) is 5.91 Å². The maximum Gasteiger partial charge on any atom is 0.255 e. The minimum atomic E-state index is -0.621. The minimum Gasteiger partial charge on any atom is -0.380 e. The number of rotatable bonds is 6. The molecule has 7 rings (SSSR count). The van der Waals surface area contributed by atoms with Crippen LogP contribution in [0.25, 0.3) is 22.3 Å². The van der Waals surface area contributed by atoms with Crippen molar-refractivity contribution < 1.29 is 14.4 Å². The van der Waals surface area contributed by atoms with Gasteiger partial charge < -0.3 is 10.2 Å². The van der Waals surface area contributed by atoms with Crippen LogP contribution in [0, 0.1) is 0 Å². The van der Waals surface area contributed by atoms with Crippen LogP contribution in [0.4, 0.5) is 5.69 Å². The first-order chi connectivity index (χ1) is 18.5. The second kappa shape index (κ2) is 9.16. The van der Waals surface area contributed by atoms with Gasteiger partial charge in [-0.05, 0) is 80.6 Å². The summed E-state index contributed by atoms with van der Waals surface area (Å²) in [5.74, 6) is -0.842. The molecule has 2 N–H and O–H groups in total. The van der Waals surface area contributed by atoms with Gasteiger partial charge in [0.15, 0.2) is 0 Å². The first-order valence-corrected chi connectivity index (χ1v) is 13.6. The average molecular weight is 511 g/mol. The lowest BCUT2D eigenvalue weighted by Gasteiger charge is -2.29. The van der Waals surface area contributed by atoms with Gasteiger partial charge in [-0.1, -0.05) is 6.07 Å². The number of aromatic nitrogens is 2. The number of imide groups is 1. The fraction of sp³-hybridized carbons (Fsp3) is 0.414. The third kappa shape index (κ3) is 4.20. The van der Waals surface area contributed by atoms with E-state index in [4.69, 9.17) is 9.97 Å². The Hall–Kier alpha value is -3.85. The Morgan fingerprint density at radius 1 is 1.00 bits per heavy atom. The summed E-state index contributed by atoms with van der Waals surface area (Å²) in [6, 6.07) is 9.85. The van der Waals surface area contributed by atoms with Crippen LogP contribution in [-0.2, 0) is 22.7 Å². The number of nitrogens with one attached hydrogen (secondary N) is 2. The van der Waals surface area contributed by atoms with Crippen LogP contribution in [0.15, 0.2) is 36.5 Å². The lowest BCUT2D eigenvalue weighted by atomic mass is 10.0. The van der Waals surface area contributed by atoms with E-state index in [1.165, 1.54) is 25.7 Å². The van der Waals surface area contributed by atoms with Gasteiger partial charge in [0.05, 0.1) is 16.9 Å². The lowest BCUT2D eigenvalue weighted by molar-refractivity contribution is -0.136. The summed E-state index contributed by atoms with van der Waals surface area (Å²) in [6.07, 6.45) is 7.26. The third-order valence-electron chi connectivity index (χ3n) is 8.12. The molecule has 0 bridgehead atoms. The molecule has 3 amide bonds. The van der Waals surface area contributed by atoms with Crippen molar-refractivity contribution >= 4 is 34.4 Å². The number of nitrogens with zero attached hydrogens (tertiary/aromatic N) is 4. The summed E-state index contributed by atoms with van der Waals surface area (Å²) in [7, 11) is 0. The number of pyridine rings is 2. The number of carbonyl (C=O) groups is 3. The molecular formula is C29H30N6O3. The number of piperidine rings is 1. The van der Waals surface area contributed by atoms with E-state index < -0.39 is 11.9 Å². The van der Waals surface area contributed by atoms with Gasteiger partial charge in [0, 0.05) is 42.9 Å². The molecular weight excluding hydrogens is 480 g/mol. The van der Waals surface area contributed by atoms with Crippen molar-refractivity contribution in [2.45, 2.75) is 63.7 Å². The number of hydrogen-bond acceptors (Lipinski definition) is 7. The molecule has 194 valence electrons. The summed E-state index contributed by atoms with van der Waals surface area (Å²) in [6.45, 7) is 3.36. The average Bonchev–Trinajstić information content (AvgIpc) is 3.47. The van der Waals surface area contributed by atoms with Crippen molar-refractivity contribution in [3.63, 3.8) is 0 Å². The number of likely N-dealkylation sites (tertiary alicyclic amines) is 1. The molecule has 4 aliphatic rings.